The van der Waals surface area contributed by atoms with Crippen molar-refractivity contribution in [3.63, 3.8) is 0 Å². The molecular formula is C19H19FN4OS. The Balaban J connectivity index is 1.59. The highest BCUT2D eigenvalue weighted by molar-refractivity contribution is 8.15. The van der Waals surface area contributed by atoms with Crippen molar-refractivity contribution in [1.29, 1.82) is 0 Å². The largest absolute Gasteiger partial charge is 0.378 e. The lowest BCUT2D eigenvalue weighted by Gasteiger charge is -2.11. The van der Waals surface area contributed by atoms with E-state index in [4.69, 9.17) is 0 Å². The zero-order valence-electron chi connectivity index (χ0n) is 14.5. The third kappa shape index (κ3) is 4.70. The molecule has 1 fully saturated rings. The van der Waals surface area contributed by atoms with Crippen molar-refractivity contribution in [1.82, 2.24) is 5.32 Å². The molecule has 2 aromatic carbocycles. The average molecular weight is 370 g/mol. The van der Waals surface area contributed by atoms with Gasteiger partial charge in [-0.3, -0.25) is 4.79 Å². The van der Waals surface area contributed by atoms with E-state index in [1.165, 1.54) is 23.9 Å². The number of anilines is 1. The first-order valence-electron chi connectivity index (χ1n) is 8.11. The second-order valence-electron chi connectivity index (χ2n) is 6.06. The maximum atomic E-state index is 13.0. The summed E-state index contributed by atoms with van der Waals surface area (Å²) in [6.07, 6.45) is 2.16. The molecule has 0 radical (unpaired) electrons. The number of carbonyl (C=O) groups excluding carboxylic acids is 1. The molecule has 0 aliphatic carbocycles. The molecule has 0 unspecified atom stereocenters. The van der Waals surface area contributed by atoms with Gasteiger partial charge in [-0.25, -0.2) is 4.39 Å². The normalized spacial score (nSPS) is 18.5. The van der Waals surface area contributed by atoms with E-state index < -0.39 is 0 Å². The molecule has 5 nitrogen and oxygen atoms in total. The predicted molar refractivity (Wildman–Crippen MR) is 105 cm³/mol. The van der Waals surface area contributed by atoms with Crippen molar-refractivity contribution in [3.8, 4) is 0 Å². The summed E-state index contributed by atoms with van der Waals surface area (Å²) in [6.45, 7) is 0. The predicted octanol–water partition coefficient (Wildman–Crippen LogP) is 3.06. The van der Waals surface area contributed by atoms with Crippen molar-refractivity contribution < 1.29 is 9.18 Å². The van der Waals surface area contributed by atoms with Crippen molar-refractivity contribution in [3.05, 3.63) is 65.5 Å². The zero-order valence-corrected chi connectivity index (χ0v) is 15.3. The summed E-state index contributed by atoms with van der Waals surface area (Å²) >= 11 is 1.33. The highest BCUT2D eigenvalue weighted by Gasteiger charge is 2.30. The number of nitrogens with zero attached hydrogens (tertiary/aromatic N) is 3. The minimum atomic E-state index is -0.285. The average Bonchev–Trinajstić information content (AvgIpc) is 2.97. The lowest BCUT2D eigenvalue weighted by molar-refractivity contribution is -0.118. The lowest BCUT2D eigenvalue weighted by Crippen LogP contribution is -2.25. The third-order valence-electron chi connectivity index (χ3n) is 3.88. The maximum Gasteiger partial charge on any atom is 0.239 e. The molecule has 26 heavy (non-hydrogen) atoms. The van der Waals surface area contributed by atoms with Crippen molar-refractivity contribution in [2.24, 2.45) is 10.2 Å². The number of hydrogen-bond acceptors (Lipinski definition) is 5. The lowest BCUT2D eigenvalue weighted by atomic mass is 10.1. The monoisotopic (exact) mass is 370 g/mol. The van der Waals surface area contributed by atoms with E-state index in [2.05, 4.69) is 15.5 Å². The molecule has 0 saturated carbocycles. The van der Waals surface area contributed by atoms with Crippen LogP contribution in [0.4, 0.5) is 10.1 Å². The molecule has 0 aromatic heterocycles. The van der Waals surface area contributed by atoms with Crippen molar-refractivity contribution >= 4 is 34.7 Å². The van der Waals surface area contributed by atoms with Gasteiger partial charge >= 0.3 is 0 Å². The molecule has 1 amide bonds. The summed E-state index contributed by atoms with van der Waals surface area (Å²) in [5.41, 5.74) is 2.94. The Morgan fingerprint density at radius 3 is 2.50 bits per heavy atom. The smallest absolute Gasteiger partial charge is 0.239 e. The minimum absolute atomic E-state index is 0.108. The van der Waals surface area contributed by atoms with Crippen LogP contribution in [0.5, 0.6) is 0 Å². The number of rotatable bonds is 5. The molecule has 3 rings (SSSR count). The molecule has 1 atom stereocenters. The number of carbonyl (C=O) groups is 1. The van der Waals surface area contributed by atoms with Gasteiger partial charge in [-0.2, -0.15) is 5.10 Å². The highest BCUT2D eigenvalue weighted by atomic mass is 32.2. The van der Waals surface area contributed by atoms with Crippen LogP contribution >= 0.6 is 11.8 Å². The second-order valence-corrected chi connectivity index (χ2v) is 7.25. The van der Waals surface area contributed by atoms with E-state index in [0.717, 1.165) is 16.8 Å². The molecule has 2 aromatic rings. The Kier molecular flexibility index (Phi) is 5.68. The summed E-state index contributed by atoms with van der Waals surface area (Å²) in [5.74, 6) is -0.393. The zero-order chi connectivity index (χ0) is 18.5. The van der Waals surface area contributed by atoms with E-state index in [9.17, 15) is 9.18 Å². The van der Waals surface area contributed by atoms with E-state index in [1.807, 2.05) is 43.3 Å². The quantitative estimate of drug-likeness (QED) is 0.650. The second kappa shape index (κ2) is 8.14. The van der Waals surface area contributed by atoms with Gasteiger partial charge in [-0.15, -0.1) is 5.10 Å². The summed E-state index contributed by atoms with van der Waals surface area (Å²) in [7, 11) is 3.97. The fourth-order valence-corrected chi connectivity index (χ4v) is 3.39. The Morgan fingerprint density at radius 1 is 1.15 bits per heavy atom. The van der Waals surface area contributed by atoms with Gasteiger partial charge in [0.1, 0.15) is 5.82 Å². The summed E-state index contributed by atoms with van der Waals surface area (Å²) in [4.78, 5) is 14.1. The molecule has 134 valence electrons. The highest BCUT2D eigenvalue weighted by Crippen LogP contribution is 2.23. The molecule has 1 N–H and O–H groups in total. The maximum absolute atomic E-state index is 13.0. The molecule has 0 bridgehead atoms. The first-order chi connectivity index (χ1) is 12.5. The van der Waals surface area contributed by atoms with Crippen LogP contribution in [0.15, 0.2) is 58.7 Å². The van der Waals surface area contributed by atoms with Crippen LogP contribution in [0.1, 0.15) is 11.1 Å². The Hall–Kier alpha value is -2.67. The number of amidine groups is 1. The molecular weight excluding hydrogens is 351 g/mol. The van der Waals surface area contributed by atoms with Crippen LogP contribution in [-0.4, -0.2) is 36.6 Å². The molecule has 1 heterocycles. The van der Waals surface area contributed by atoms with Gasteiger partial charge in [-0.05, 0) is 41.8 Å². The van der Waals surface area contributed by atoms with Crippen molar-refractivity contribution in [2.75, 3.05) is 19.0 Å². The number of amides is 1. The van der Waals surface area contributed by atoms with Gasteiger partial charge in [0.25, 0.3) is 0 Å². The van der Waals surface area contributed by atoms with E-state index in [1.54, 1.807) is 18.3 Å². The fourth-order valence-electron chi connectivity index (χ4n) is 2.43. The Labute approximate surface area is 156 Å². The van der Waals surface area contributed by atoms with Crippen LogP contribution in [0.2, 0.25) is 0 Å². The molecule has 0 spiro atoms. The van der Waals surface area contributed by atoms with Gasteiger partial charge in [0.2, 0.25) is 5.91 Å². The number of nitrogens with one attached hydrogen (secondary N) is 1. The standard InChI is InChI=1S/C19H19FN4OS/c1-24(2)16-9-5-14(6-10-16)12-21-23-19-22-18(25)17(26-19)11-13-3-7-15(20)8-4-13/h3-10,12,17H,11H2,1-2H3,(H,22,23,25)/b21-12-/t17-/m0/s1. The summed E-state index contributed by atoms with van der Waals surface area (Å²) in [6, 6.07) is 14.1. The number of hydrogen-bond donors (Lipinski definition) is 1. The van der Waals surface area contributed by atoms with Crippen LogP contribution in [0, 0.1) is 5.82 Å². The van der Waals surface area contributed by atoms with Crippen LogP contribution in [-0.2, 0) is 11.2 Å². The SMILES string of the molecule is CN(C)c1ccc(/C=N\N=C2/NC(=O)[C@H](Cc3ccc(F)cc3)S2)cc1. The van der Waals surface area contributed by atoms with Gasteiger partial charge in [0, 0.05) is 19.8 Å². The van der Waals surface area contributed by atoms with Gasteiger partial charge in [-0.1, -0.05) is 36.0 Å². The van der Waals surface area contributed by atoms with Crippen LogP contribution in [0.3, 0.4) is 0 Å². The fraction of sp³-hybridized carbons (Fsp3) is 0.211. The van der Waals surface area contributed by atoms with E-state index in [0.29, 0.717) is 11.6 Å². The van der Waals surface area contributed by atoms with E-state index in [-0.39, 0.29) is 17.0 Å². The third-order valence-corrected chi connectivity index (χ3v) is 4.95. The molecule has 7 heteroatoms. The van der Waals surface area contributed by atoms with Gasteiger partial charge < -0.3 is 10.2 Å². The minimum Gasteiger partial charge on any atom is -0.378 e. The van der Waals surface area contributed by atoms with Crippen molar-refractivity contribution in [2.45, 2.75) is 11.7 Å². The number of thioether (sulfide) groups is 1. The van der Waals surface area contributed by atoms with Gasteiger partial charge in [0.05, 0.1) is 11.5 Å². The summed E-state index contributed by atoms with van der Waals surface area (Å²) < 4.78 is 13.0. The summed E-state index contributed by atoms with van der Waals surface area (Å²) in [5, 5.41) is 11.0. The molecule has 1 aliphatic heterocycles. The number of halogens is 1. The van der Waals surface area contributed by atoms with Crippen LogP contribution in [0.25, 0.3) is 0 Å². The first kappa shape index (κ1) is 18.1. The molecule has 1 aliphatic rings. The van der Waals surface area contributed by atoms with Crippen LogP contribution < -0.4 is 10.2 Å². The molecule has 1 saturated heterocycles. The Morgan fingerprint density at radius 2 is 1.85 bits per heavy atom. The van der Waals surface area contributed by atoms with E-state index >= 15 is 0 Å². The number of benzene rings is 2. The Bertz CT molecular complexity index is 832. The van der Waals surface area contributed by atoms with Gasteiger partial charge in [0.15, 0.2) is 5.17 Å². The topological polar surface area (TPSA) is 57.1 Å². The first-order valence-corrected chi connectivity index (χ1v) is 8.99.